The molecule has 0 spiro atoms. The second-order valence-corrected chi connectivity index (χ2v) is 5.09. The summed E-state index contributed by atoms with van der Waals surface area (Å²) in [7, 11) is 0. The smallest absolute Gasteiger partial charge is 0.151 e. The first-order valence-corrected chi connectivity index (χ1v) is 6.84. The van der Waals surface area contributed by atoms with Crippen molar-refractivity contribution in [2.24, 2.45) is 0 Å². The first kappa shape index (κ1) is 15.3. The van der Waals surface area contributed by atoms with Gasteiger partial charge in [0, 0.05) is 37.8 Å². The highest BCUT2D eigenvalue weighted by Crippen LogP contribution is 2.27. The van der Waals surface area contributed by atoms with Gasteiger partial charge >= 0.3 is 0 Å². The van der Waals surface area contributed by atoms with E-state index in [1.54, 1.807) is 0 Å². The monoisotopic (exact) mass is 313 g/mol. The van der Waals surface area contributed by atoms with Crippen LogP contribution in [0.5, 0.6) is 0 Å². The van der Waals surface area contributed by atoms with E-state index in [1.165, 1.54) is 0 Å². The zero-order valence-corrected chi connectivity index (χ0v) is 12.6. The van der Waals surface area contributed by atoms with Crippen LogP contribution < -0.4 is 5.32 Å². The fourth-order valence-corrected chi connectivity index (χ4v) is 2.51. The van der Waals surface area contributed by atoms with Crippen molar-refractivity contribution < 1.29 is 4.52 Å². The molecule has 4 nitrogen and oxygen atoms in total. The quantitative estimate of drug-likeness (QED) is 0.946. The van der Waals surface area contributed by atoms with E-state index in [2.05, 4.69) is 15.4 Å². The van der Waals surface area contributed by atoms with Gasteiger partial charge in [0.1, 0.15) is 5.69 Å². The van der Waals surface area contributed by atoms with Crippen LogP contribution in [0.4, 0.5) is 0 Å². The fraction of sp³-hybridized carbons (Fsp3) is 0.357. The van der Waals surface area contributed by atoms with Crippen LogP contribution in [0.15, 0.2) is 34.9 Å². The van der Waals surface area contributed by atoms with Gasteiger partial charge in [0.05, 0.1) is 11.6 Å². The zero-order valence-electron chi connectivity index (χ0n) is 11.0. The summed E-state index contributed by atoms with van der Waals surface area (Å²) in [5, 5.41) is 8.14. The molecule has 2 aromatic rings. The van der Waals surface area contributed by atoms with Crippen LogP contribution in [-0.4, -0.2) is 36.2 Å². The Morgan fingerprint density at radius 2 is 2.00 bits per heavy atom. The van der Waals surface area contributed by atoms with Gasteiger partial charge in [-0.25, -0.2) is 0 Å². The molecule has 20 heavy (non-hydrogen) atoms. The molecule has 1 N–H and O–H groups in total. The molecular formula is C14H17Cl2N3O. The van der Waals surface area contributed by atoms with E-state index in [0.717, 1.165) is 49.7 Å². The van der Waals surface area contributed by atoms with Crippen molar-refractivity contribution in [2.75, 3.05) is 26.2 Å². The van der Waals surface area contributed by atoms with E-state index in [0.29, 0.717) is 5.02 Å². The van der Waals surface area contributed by atoms with Crippen molar-refractivity contribution in [1.82, 2.24) is 15.4 Å². The van der Waals surface area contributed by atoms with Gasteiger partial charge in [-0.05, 0) is 6.07 Å². The Morgan fingerprint density at radius 1 is 1.25 bits per heavy atom. The van der Waals surface area contributed by atoms with Gasteiger partial charge in [0.25, 0.3) is 0 Å². The molecule has 1 fully saturated rings. The van der Waals surface area contributed by atoms with Crippen LogP contribution in [0, 0.1) is 0 Å². The lowest BCUT2D eigenvalue weighted by molar-refractivity contribution is 0.207. The number of hydrogen-bond acceptors (Lipinski definition) is 4. The summed E-state index contributed by atoms with van der Waals surface area (Å²) in [5.41, 5.74) is 1.72. The van der Waals surface area contributed by atoms with E-state index in [9.17, 15) is 0 Å². The number of hydrogen-bond donors (Lipinski definition) is 1. The number of rotatable bonds is 3. The van der Waals surface area contributed by atoms with Gasteiger partial charge in [-0.15, -0.1) is 12.4 Å². The zero-order chi connectivity index (χ0) is 13.1. The van der Waals surface area contributed by atoms with Crippen molar-refractivity contribution in [3.63, 3.8) is 0 Å². The highest BCUT2D eigenvalue weighted by Gasteiger charge is 2.14. The van der Waals surface area contributed by atoms with Crippen molar-refractivity contribution in [3.8, 4) is 11.3 Å². The lowest BCUT2D eigenvalue weighted by atomic mass is 10.1. The Morgan fingerprint density at radius 3 is 2.75 bits per heavy atom. The molecule has 0 atom stereocenters. The summed E-state index contributed by atoms with van der Waals surface area (Å²) in [6.45, 7) is 4.96. The molecule has 3 rings (SSSR count). The molecule has 1 saturated heterocycles. The van der Waals surface area contributed by atoms with Gasteiger partial charge in [-0.1, -0.05) is 35.0 Å². The lowest BCUT2D eigenvalue weighted by Gasteiger charge is -2.25. The summed E-state index contributed by atoms with van der Waals surface area (Å²) in [6.07, 6.45) is 0. The molecule has 6 heteroatoms. The molecule has 0 aliphatic carbocycles. The van der Waals surface area contributed by atoms with Gasteiger partial charge in [-0.3, -0.25) is 4.90 Å². The van der Waals surface area contributed by atoms with E-state index in [4.69, 9.17) is 16.1 Å². The average Bonchev–Trinajstić information content (AvgIpc) is 2.89. The summed E-state index contributed by atoms with van der Waals surface area (Å²) in [4.78, 5) is 2.35. The van der Waals surface area contributed by atoms with Crippen LogP contribution in [0.2, 0.25) is 5.02 Å². The Kier molecular flexibility index (Phi) is 5.43. The molecule has 0 saturated carbocycles. The third kappa shape index (κ3) is 3.52. The summed E-state index contributed by atoms with van der Waals surface area (Å²) >= 11 is 6.16. The maximum absolute atomic E-state index is 6.16. The Balaban J connectivity index is 0.00000147. The summed E-state index contributed by atoms with van der Waals surface area (Å²) in [5.74, 6) is 0.886. The molecule has 2 heterocycles. The summed E-state index contributed by atoms with van der Waals surface area (Å²) < 4.78 is 5.41. The first-order chi connectivity index (χ1) is 9.33. The van der Waals surface area contributed by atoms with Gasteiger partial charge in [-0.2, -0.15) is 0 Å². The van der Waals surface area contributed by atoms with Crippen LogP contribution in [-0.2, 0) is 6.54 Å². The van der Waals surface area contributed by atoms with E-state index >= 15 is 0 Å². The van der Waals surface area contributed by atoms with E-state index < -0.39 is 0 Å². The van der Waals surface area contributed by atoms with Crippen molar-refractivity contribution in [3.05, 3.63) is 41.1 Å². The molecule has 0 unspecified atom stereocenters. The minimum absolute atomic E-state index is 0. The molecule has 1 aliphatic rings. The standard InChI is InChI=1S/C14H16ClN3O.ClH/c15-13-4-2-1-3-12(13)14-9-11(19-17-14)10-18-7-5-16-6-8-18;/h1-4,9,16H,5-8,10H2;1H. The van der Waals surface area contributed by atoms with Crippen LogP contribution in [0.3, 0.4) is 0 Å². The number of halogens is 2. The van der Waals surface area contributed by atoms with Crippen molar-refractivity contribution in [1.29, 1.82) is 0 Å². The SMILES string of the molecule is Cl.Clc1ccccc1-c1cc(CN2CCNCC2)on1. The maximum atomic E-state index is 6.16. The topological polar surface area (TPSA) is 41.3 Å². The van der Waals surface area contributed by atoms with Crippen molar-refractivity contribution in [2.45, 2.75) is 6.54 Å². The highest BCUT2D eigenvalue weighted by molar-refractivity contribution is 6.33. The Bertz CT molecular complexity index is 553. The molecular weight excluding hydrogens is 297 g/mol. The largest absolute Gasteiger partial charge is 0.359 e. The molecule has 1 aromatic carbocycles. The van der Waals surface area contributed by atoms with Gasteiger partial charge in [0.15, 0.2) is 5.76 Å². The Hall–Kier alpha value is -1.07. The lowest BCUT2D eigenvalue weighted by Crippen LogP contribution is -2.42. The van der Waals surface area contributed by atoms with Crippen molar-refractivity contribution >= 4 is 24.0 Å². The van der Waals surface area contributed by atoms with E-state index in [1.807, 2.05) is 30.3 Å². The third-order valence-corrected chi connectivity index (χ3v) is 3.63. The van der Waals surface area contributed by atoms with Gasteiger partial charge < -0.3 is 9.84 Å². The number of aromatic nitrogens is 1. The first-order valence-electron chi connectivity index (χ1n) is 6.46. The average molecular weight is 314 g/mol. The number of piperazine rings is 1. The summed E-state index contributed by atoms with van der Waals surface area (Å²) in [6, 6.07) is 9.65. The molecule has 1 aromatic heterocycles. The Labute approximate surface area is 129 Å². The third-order valence-electron chi connectivity index (χ3n) is 3.30. The number of nitrogens with zero attached hydrogens (tertiary/aromatic N) is 2. The molecule has 0 bridgehead atoms. The predicted molar refractivity (Wildman–Crippen MR) is 82.3 cm³/mol. The number of nitrogens with one attached hydrogen (secondary N) is 1. The number of benzene rings is 1. The van der Waals surface area contributed by atoms with Crippen LogP contribution in [0.1, 0.15) is 5.76 Å². The molecule has 108 valence electrons. The normalized spacial score (nSPS) is 15.8. The molecule has 1 aliphatic heterocycles. The van der Waals surface area contributed by atoms with Crippen LogP contribution >= 0.6 is 24.0 Å². The minimum atomic E-state index is 0. The predicted octanol–water partition coefficient (Wildman–Crippen LogP) is 2.82. The fourth-order valence-electron chi connectivity index (χ4n) is 2.27. The van der Waals surface area contributed by atoms with Crippen LogP contribution in [0.25, 0.3) is 11.3 Å². The maximum Gasteiger partial charge on any atom is 0.151 e. The molecule has 0 amide bonds. The molecule has 0 radical (unpaired) electrons. The second kappa shape index (κ2) is 7.09. The minimum Gasteiger partial charge on any atom is -0.359 e. The van der Waals surface area contributed by atoms with E-state index in [-0.39, 0.29) is 12.4 Å². The van der Waals surface area contributed by atoms with Gasteiger partial charge in [0.2, 0.25) is 0 Å². The second-order valence-electron chi connectivity index (χ2n) is 4.68. The highest BCUT2D eigenvalue weighted by atomic mass is 35.5.